The quantitative estimate of drug-likeness (QED) is 0.370. The van der Waals surface area contributed by atoms with Crippen molar-refractivity contribution in [2.24, 2.45) is 10.9 Å². The van der Waals surface area contributed by atoms with Gasteiger partial charge in [0.15, 0.2) is 17.3 Å². The Morgan fingerprint density at radius 1 is 1.18 bits per heavy atom. The molecule has 0 bridgehead atoms. The molecule has 0 spiro atoms. The van der Waals surface area contributed by atoms with Crippen molar-refractivity contribution in [1.82, 2.24) is 24.3 Å². The van der Waals surface area contributed by atoms with Gasteiger partial charge in [0, 0.05) is 30.7 Å². The van der Waals surface area contributed by atoms with Crippen molar-refractivity contribution in [3.8, 4) is 5.75 Å². The molecule has 1 aromatic carbocycles. The van der Waals surface area contributed by atoms with Crippen molar-refractivity contribution in [3.05, 3.63) is 63.0 Å². The molecule has 2 fully saturated rings. The van der Waals surface area contributed by atoms with Gasteiger partial charge in [-0.3, -0.25) is 19.3 Å². The van der Waals surface area contributed by atoms with Crippen molar-refractivity contribution in [2.45, 2.75) is 64.1 Å². The zero-order valence-corrected chi connectivity index (χ0v) is 27.6. The van der Waals surface area contributed by atoms with Crippen LogP contribution in [-0.2, 0) is 23.9 Å². The lowest BCUT2D eigenvalue weighted by Crippen LogP contribution is -2.72. The topological polar surface area (TPSA) is 148 Å². The lowest BCUT2D eigenvalue weighted by molar-refractivity contribution is -0.137. The van der Waals surface area contributed by atoms with E-state index in [2.05, 4.69) is 20.6 Å². The largest absolute Gasteiger partial charge is 0.504 e. The second kappa shape index (κ2) is 11.3. The Balaban J connectivity index is 1.25. The number of pyridine rings is 1. The van der Waals surface area contributed by atoms with Crippen LogP contribution in [0.1, 0.15) is 46.3 Å². The molecule has 1 saturated carbocycles. The number of benzene rings is 1. The standard InChI is InChI=1S/C33H36F3N9O4/c1-16-10-19(33(34,35)36)6-7-20(16)40-23(46)13-45-22-12-18-11-21-26(18)44(9-8-43(21)31(49)25-28(47)17(2)38-15-39-25)27(22)29(48)24-30(45)37-14-32(3,41-24)42(4)5/h6-7,10,14-15,18,21,26,41,47H,8-9,11-13H2,1-5H3,(H,40,46)/t18?,21-,26-,32?/m1/s1. The number of carbonyl (C=O) groups is 2. The molecule has 3 aliphatic heterocycles. The number of aromatic hydroxyl groups is 1. The van der Waals surface area contributed by atoms with Crippen LogP contribution in [0.3, 0.4) is 0 Å². The maximum absolute atomic E-state index is 14.4. The van der Waals surface area contributed by atoms with Gasteiger partial charge in [-0.1, -0.05) is 0 Å². The molecular weight excluding hydrogens is 643 g/mol. The highest BCUT2D eigenvalue weighted by Gasteiger charge is 2.55. The van der Waals surface area contributed by atoms with Crippen molar-refractivity contribution in [3.63, 3.8) is 0 Å². The van der Waals surface area contributed by atoms with E-state index in [1.54, 1.807) is 22.6 Å². The van der Waals surface area contributed by atoms with Gasteiger partial charge in [0.25, 0.3) is 5.91 Å². The number of carbonyl (C=O) groups excluding carboxylic acids is 2. The normalized spacial score (nSPS) is 23.7. The lowest BCUT2D eigenvalue weighted by Gasteiger charge is -2.61. The summed E-state index contributed by atoms with van der Waals surface area (Å²) >= 11 is 0. The van der Waals surface area contributed by atoms with Crippen molar-refractivity contribution >= 4 is 40.9 Å². The minimum atomic E-state index is -4.51. The molecule has 2 unspecified atom stereocenters. The van der Waals surface area contributed by atoms with E-state index in [1.807, 2.05) is 30.8 Å². The molecule has 258 valence electrons. The number of alkyl halides is 3. The van der Waals surface area contributed by atoms with Crippen molar-refractivity contribution in [2.75, 3.05) is 42.7 Å². The number of amides is 2. The first-order valence-electron chi connectivity index (χ1n) is 16.0. The number of nitrogens with zero attached hydrogens (tertiary/aromatic N) is 7. The fourth-order valence-corrected chi connectivity index (χ4v) is 7.41. The third-order valence-electron chi connectivity index (χ3n) is 10.4. The summed E-state index contributed by atoms with van der Waals surface area (Å²) < 4.78 is 41.5. The van der Waals surface area contributed by atoms with E-state index in [0.29, 0.717) is 42.3 Å². The molecule has 4 atom stereocenters. The number of fused-ring (bicyclic) bond motifs is 3. The number of hydrogen-bond donors (Lipinski definition) is 3. The first-order valence-corrected chi connectivity index (χ1v) is 16.0. The predicted molar refractivity (Wildman–Crippen MR) is 176 cm³/mol. The second-order valence-corrected chi connectivity index (χ2v) is 13.5. The fourth-order valence-electron chi connectivity index (χ4n) is 7.41. The van der Waals surface area contributed by atoms with Crippen LogP contribution in [0, 0.1) is 19.8 Å². The Kier molecular flexibility index (Phi) is 7.50. The third-order valence-corrected chi connectivity index (χ3v) is 10.4. The van der Waals surface area contributed by atoms with Crippen LogP contribution in [0.4, 0.5) is 36.1 Å². The Morgan fingerprint density at radius 2 is 1.94 bits per heavy atom. The maximum Gasteiger partial charge on any atom is 0.416 e. The van der Waals surface area contributed by atoms with Gasteiger partial charge in [0.2, 0.25) is 11.3 Å². The molecule has 49 heavy (non-hydrogen) atoms. The average molecular weight is 680 g/mol. The highest BCUT2D eigenvalue weighted by atomic mass is 19.4. The number of hydrogen-bond acceptors (Lipinski definition) is 10. The molecule has 2 aromatic heterocycles. The highest BCUT2D eigenvalue weighted by Crippen LogP contribution is 2.49. The molecule has 3 N–H and O–H groups in total. The number of aromatic nitrogens is 3. The summed E-state index contributed by atoms with van der Waals surface area (Å²) in [6.07, 6.45) is -0.505. The molecule has 1 aliphatic carbocycles. The summed E-state index contributed by atoms with van der Waals surface area (Å²) in [5, 5.41) is 16.6. The molecular formula is C33H36F3N9O4. The minimum absolute atomic E-state index is 0.0589. The predicted octanol–water partition coefficient (Wildman–Crippen LogP) is 3.30. The van der Waals surface area contributed by atoms with Gasteiger partial charge in [-0.25, -0.2) is 15.0 Å². The Hall–Kier alpha value is -4.99. The summed E-state index contributed by atoms with van der Waals surface area (Å²) in [4.78, 5) is 59.9. The summed E-state index contributed by atoms with van der Waals surface area (Å²) in [7, 11) is 3.69. The number of anilines is 3. The Morgan fingerprint density at radius 3 is 2.63 bits per heavy atom. The number of piperazine rings is 1. The smallest absolute Gasteiger partial charge is 0.416 e. The number of halogens is 3. The van der Waals surface area contributed by atoms with Gasteiger partial charge >= 0.3 is 6.18 Å². The summed E-state index contributed by atoms with van der Waals surface area (Å²) in [5.74, 6) is -0.788. The SMILES string of the molecule is Cc1cc(C(F)(F)F)ccc1NC(=O)Cn1c2c(c(=O)c3c1N=CC(C)(N(C)C)N3)N1CCN(C(=O)c3ncnc(C)c3O)[C@@H]3CC(C2)[C@H]31. The van der Waals surface area contributed by atoms with Crippen LogP contribution in [0.15, 0.2) is 34.3 Å². The van der Waals surface area contributed by atoms with Crippen LogP contribution >= 0.6 is 0 Å². The monoisotopic (exact) mass is 679 g/mol. The summed E-state index contributed by atoms with van der Waals surface area (Å²) in [5.41, 5.74) is 0.163. The van der Waals surface area contributed by atoms with Gasteiger partial charge in [-0.2, -0.15) is 13.2 Å². The first kappa shape index (κ1) is 32.6. The van der Waals surface area contributed by atoms with Crippen LogP contribution < -0.4 is 21.0 Å². The van der Waals surface area contributed by atoms with Crippen LogP contribution in [0.2, 0.25) is 0 Å². The second-order valence-electron chi connectivity index (χ2n) is 13.5. The summed E-state index contributed by atoms with van der Waals surface area (Å²) in [6.45, 7) is 5.33. The van der Waals surface area contributed by atoms with Gasteiger partial charge in [0.1, 0.15) is 29.9 Å². The van der Waals surface area contributed by atoms with Gasteiger partial charge in [-0.05, 0) is 77.4 Å². The van der Waals surface area contributed by atoms with E-state index in [-0.39, 0.29) is 64.9 Å². The van der Waals surface area contributed by atoms with E-state index in [9.17, 15) is 32.7 Å². The number of aliphatic imine (C=N–C) groups is 1. The number of nitrogens with one attached hydrogen (secondary N) is 2. The zero-order valence-electron chi connectivity index (χ0n) is 27.6. The van der Waals surface area contributed by atoms with E-state index in [4.69, 9.17) is 4.99 Å². The summed E-state index contributed by atoms with van der Waals surface area (Å²) in [6, 6.07) is 2.76. The van der Waals surface area contributed by atoms with Gasteiger partial charge in [-0.15, -0.1) is 0 Å². The van der Waals surface area contributed by atoms with Gasteiger partial charge in [0.05, 0.1) is 23.3 Å². The van der Waals surface area contributed by atoms with E-state index < -0.39 is 29.2 Å². The number of rotatable bonds is 5. The molecule has 3 aromatic rings. The fraction of sp³-hybridized carbons (Fsp3) is 0.455. The van der Waals surface area contributed by atoms with E-state index in [0.717, 1.165) is 12.1 Å². The molecule has 5 heterocycles. The molecule has 13 nitrogen and oxygen atoms in total. The van der Waals surface area contributed by atoms with E-state index in [1.165, 1.54) is 19.3 Å². The highest BCUT2D eigenvalue weighted by molar-refractivity contribution is 5.96. The van der Waals surface area contributed by atoms with Crippen LogP contribution in [0.5, 0.6) is 5.75 Å². The molecule has 0 radical (unpaired) electrons. The average Bonchev–Trinajstić information content (AvgIpc) is 3.03. The Bertz CT molecular complexity index is 1990. The third kappa shape index (κ3) is 5.19. The molecule has 4 aliphatic rings. The maximum atomic E-state index is 14.4. The van der Waals surface area contributed by atoms with Crippen molar-refractivity contribution in [1.29, 1.82) is 0 Å². The minimum Gasteiger partial charge on any atom is -0.504 e. The molecule has 1 saturated heterocycles. The first-order chi connectivity index (χ1) is 23.1. The Labute approximate surface area is 279 Å². The number of aryl methyl sites for hydroxylation is 2. The van der Waals surface area contributed by atoms with Gasteiger partial charge < -0.3 is 30.1 Å². The molecule has 7 rings (SSSR count). The lowest BCUT2D eigenvalue weighted by atomic mass is 9.67. The molecule has 16 heteroatoms. The zero-order chi connectivity index (χ0) is 35.2. The van der Waals surface area contributed by atoms with E-state index >= 15 is 0 Å². The van der Waals surface area contributed by atoms with Crippen LogP contribution in [0.25, 0.3) is 0 Å². The molecule has 2 amide bonds. The van der Waals surface area contributed by atoms with Crippen molar-refractivity contribution < 1.29 is 27.9 Å². The van der Waals surface area contributed by atoms with Crippen LogP contribution in [-0.4, -0.2) is 92.4 Å².